The largest absolute Gasteiger partial charge is 0.481 e. The Morgan fingerprint density at radius 3 is 2.55 bits per heavy atom. The Labute approximate surface area is 116 Å². The average Bonchev–Trinajstić information content (AvgIpc) is 2.37. The summed E-state index contributed by atoms with van der Waals surface area (Å²) in [6.07, 6.45) is 0.436. The Hall–Kier alpha value is -2.12. The van der Waals surface area contributed by atoms with Crippen molar-refractivity contribution in [3.8, 4) is 0 Å². The number of amides is 4. The number of hydrogen-bond donors (Lipinski definition) is 3. The van der Waals surface area contributed by atoms with E-state index in [1.165, 1.54) is 20.9 Å². The van der Waals surface area contributed by atoms with Gasteiger partial charge in [-0.05, 0) is 20.3 Å². The van der Waals surface area contributed by atoms with Gasteiger partial charge in [0.15, 0.2) is 0 Å². The second-order valence-corrected chi connectivity index (χ2v) is 5.40. The van der Waals surface area contributed by atoms with E-state index in [2.05, 4.69) is 10.6 Å². The van der Waals surface area contributed by atoms with Crippen LogP contribution in [0, 0.1) is 5.41 Å². The number of likely N-dealkylation sites (N-methyl/N-ethyl adjacent to an activating group) is 1. The molecule has 1 rings (SSSR count). The van der Waals surface area contributed by atoms with E-state index in [0.717, 1.165) is 4.90 Å². The van der Waals surface area contributed by atoms with E-state index >= 15 is 0 Å². The van der Waals surface area contributed by atoms with Gasteiger partial charge in [0.05, 0.1) is 5.41 Å². The summed E-state index contributed by atoms with van der Waals surface area (Å²) in [5.74, 6) is -1.77. The maximum Gasteiger partial charge on any atom is 0.315 e. The van der Waals surface area contributed by atoms with Crippen molar-refractivity contribution < 1.29 is 24.3 Å². The molecule has 0 radical (unpaired) electrons. The molecular formula is C12H19N3O5. The van der Waals surface area contributed by atoms with Crippen molar-refractivity contribution >= 4 is 23.8 Å². The summed E-state index contributed by atoms with van der Waals surface area (Å²) >= 11 is 0. The van der Waals surface area contributed by atoms with Crippen molar-refractivity contribution in [2.45, 2.75) is 32.7 Å². The molecule has 1 saturated heterocycles. The van der Waals surface area contributed by atoms with Gasteiger partial charge in [-0.3, -0.25) is 19.3 Å². The zero-order chi connectivity index (χ0) is 15.5. The van der Waals surface area contributed by atoms with Crippen LogP contribution in [0.4, 0.5) is 4.79 Å². The SMILES string of the molecule is CN1C(=O)CCC(NC(=O)NCC(C)(C)C(=O)O)C1=O. The Morgan fingerprint density at radius 2 is 2.00 bits per heavy atom. The fourth-order valence-electron chi connectivity index (χ4n) is 1.64. The van der Waals surface area contributed by atoms with Gasteiger partial charge in [-0.15, -0.1) is 0 Å². The highest BCUT2D eigenvalue weighted by Crippen LogP contribution is 2.13. The summed E-state index contributed by atoms with van der Waals surface area (Å²) < 4.78 is 0. The Balaban J connectivity index is 2.49. The smallest absolute Gasteiger partial charge is 0.315 e. The van der Waals surface area contributed by atoms with Gasteiger partial charge in [-0.2, -0.15) is 0 Å². The molecule has 0 saturated carbocycles. The van der Waals surface area contributed by atoms with Crippen LogP contribution < -0.4 is 10.6 Å². The summed E-state index contributed by atoms with van der Waals surface area (Å²) in [6, 6.07) is -1.38. The number of carboxylic acid groups (broad SMARTS) is 1. The fraction of sp³-hybridized carbons (Fsp3) is 0.667. The van der Waals surface area contributed by atoms with Crippen molar-refractivity contribution in [3.05, 3.63) is 0 Å². The van der Waals surface area contributed by atoms with Gasteiger partial charge in [0.25, 0.3) is 5.91 Å². The number of carboxylic acids is 1. The van der Waals surface area contributed by atoms with Gasteiger partial charge >= 0.3 is 12.0 Å². The fourth-order valence-corrected chi connectivity index (χ4v) is 1.64. The molecule has 1 unspecified atom stereocenters. The number of nitrogens with one attached hydrogen (secondary N) is 2. The predicted octanol–water partition coefficient (Wildman–Crippen LogP) is -0.456. The molecule has 4 amide bonds. The van der Waals surface area contributed by atoms with Gasteiger partial charge in [-0.25, -0.2) is 4.79 Å². The number of imide groups is 1. The zero-order valence-electron chi connectivity index (χ0n) is 11.7. The highest BCUT2D eigenvalue weighted by atomic mass is 16.4. The van der Waals surface area contributed by atoms with E-state index in [1.807, 2.05) is 0 Å². The minimum absolute atomic E-state index is 0.0656. The first-order chi connectivity index (χ1) is 9.15. The molecule has 0 spiro atoms. The molecule has 8 nitrogen and oxygen atoms in total. The third kappa shape index (κ3) is 3.69. The number of rotatable bonds is 4. The standard InChI is InChI=1S/C12H19N3O5/c1-12(2,10(18)19)6-13-11(20)14-7-4-5-8(16)15(3)9(7)17/h7H,4-6H2,1-3H3,(H,18,19)(H2,13,14,20). The van der Waals surface area contributed by atoms with Gasteiger partial charge in [0, 0.05) is 20.0 Å². The average molecular weight is 285 g/mol. The van der Waals surface area contributed by atoms with E-state index in [9.17, 15) is 19.2 Å². The molecule has 0 aromatic heterocycles. The Kier molecular flexibility index (Phi) is 4.69. The van der Waals surface area contributed by atoms with Crippen LogP contribution in [0.15, 0.2) is 0 Å². The van der Waals surface area contributed by atoms with Crippen molar-refractivity contribution in [3.63, 3.8) is 0 Å². The number of aliphatic carboxylic acids is 1. The molecule has 0 aromatic rings. The summed E-state index contributed by atoms with van der Waals surface area (Å²) in [6.45, 7) is 2.89. The zero-order valence-corrected chi connectivity index (χ0v) is 11.7. The van der Waals surface area contributed by atoms with Gasteiger partial charge < -0.3 is 15.7 Å². The normalized spacial score (nSPS) is 19.8. The van der Waals surface area contributed by atoms with Crippen molar-refractivity contribution in [2.75, 3.05) is 13.6 Å². The number of piperidine rings is 1. The lowest BCUT2D eigenvalue weighted by Crippen LogP contribution is -2.55. The summed E-state index contributed by atoms with van der Waals surface area (Å²) in [5, 5.41) is 13.8. The quantitative estimate of drug-likeness (QED) is 0.605. The number of likely N-dealkylation sites (tertiary alicyclic amines) is 1. The van der Waals surface area contributed by atoms with E-state index in [0.29, 0.717) is 0 Å². The lowest BCUT2D eigenvalue weighted by atomic mass is 9.94. The third-order valence-electron chi connectivity index (χ3n) is 3.22. The van der Waals surface area contributed by atoms with E-state index in [-0.39, 0.29) is 25.3 Å². The van der Waals surface area contributed by atoms with Crippen LogP contribution >= 0.6 is 0 Å². The molecule has 1 aliphatic rings. The maximum absolute atomic E-state index is 11.7. The minimum atomic E-state index is -1.10. The second kappa shape index (κ2) is 5.89. The molecule has 20 heavy (non-hydrogen) atoms. The molecule has 112 valence electrons. The van der Waals surface area contributed by atoms with Crippen LogP contribution in [0.1, 0.15) is 26.7 Å². The molecule has 0 aliphatic carbocycles. The predicted molar refractivity (Wildman–Crippen MR) is 68.8 cm³/mol. The third-order valence-corrected chi connectivity index (χ3v) is 3.22. The molecule has 1 heterocycles. The van der Waals surface area contributed by atoms with Gasteiger partial charge in [-0.1, -0.05) is 0 Å². The Bertz CT molecular complexity index is 446. The lowest BCUT2D eigenvalue weighted by molar-refractivity contribution is -0.148. The minimum Gasteiger partial charge on any atom is -0.481 e. The monoisotopic (exact) mass is 285 g/mol. The van der Waals surface area contributed by atoms with Crippen molar-refractivity contribution in [1.82, 2.24) is 15.5 Å². The van der Waals surface area contributed by atoms with E-state index in [4.69, 9.17) is 5.11 Å². The molecule has 0 bridgehead atoms. The molecule has 1 atom stereocenters. The molecule has 3 N–H and O–H groups in total. The number of hydrogen-bond acceptors (Lipinski definition) is 4. The lowest BCUT2D eigenvalue weighted by Gasteiger charge is -2.28. The van der Waals surface area contributed by atoms with E-state index in [1.54, 1.807) is 0 Å². The first-order valence-corrected chi connectivity index (χ1v) is 6.23. The van der Waals surface area contributed by atoms with Crippen LogP contribution in [-0.2, 0) is 14.4 Å². The number of carbonyl (C=O) groups is 4. The Morgan fingerprint density at radius 1 is 1.40 bits per heavy atom. The van der Waals surface area contributed by atoms with Crippen molar-refractivity contribution in [2.24, 2.45) is 5.41 Å². The molecule has 1 aliphatic heterocycles. The second-order valence-electron chi connectivity index (χ2n) is 5.40. The molecule has 1 fully saturated rings. The van der Waals surface area contributed by atoms with E-state index < -0.39 is 29.4 Å². The van der Waals surface area contributed by atoms with Gasteiger partial charge in [0.1, 0.15) is 6.04 Å². The number of urea groups is 1. The highest BCUT2D eigenvalue weighted by molar-refractivity contribution is 6.01. The first kappa shape index (κ1) is 15.9. The highest BCUT2D eigenvalue weighted by Gasteiger charge is 2.33. The first-order valence-electron chi connectivity index (χ1n) is 6.23. The van der Waals surface area contributed by atoms with Crippen LogP contribution in [0.2, 0.25) is 0 Å². The number of carbonyl (C=O) groups excluding carboxylic acids is 3. The summed E-state index contributed by atoms with van der Waals surface area (Å²) in [7, 11) is 1.37. The van der Waals surface area contributed by atoms with Crippen LogP contribution in [0.3, 0.4) is 0 Å². The van der Waals surface area contributed by atoms with Crippen LogP contribution in [-0.4, -0.2) is 53.5 Å². The summed E-state index contributed by atoms with van der Waals surface area (Å²) in [5.41, 5.74) is -1.10. The van der Waals surface area contributed by atoms with Crippen molar-refractivity contribution in [1.29, 1.82) is 0 Å². The molecule has 0 aromatic carbocycles. The number of nitrogens with zero attached hydrogens (tertiary/aromatic N) is 1. The van der Waals surface area contributed by atoms with Crippen LogP contribution in [0.25, 0.3) is 0 Å². The summed E-state index contributed by atoms with van der Waals surface area (Å²) in [4.78, 5) is 46.5. The topological polar surface area (TPSA) is 116 Å². The maximum atomic E-state index is 11.7. The van der Waals surface area contributed by atoms with Gasteiger partial charge in [0.2, 0.25) is 5.91 Å². The molecular weight excluding hydrogens is 266 g/mol. The van der Waals surface area contributed by atoms with Crippen LogP contribution in [0.5, 0.6) is 0 Å². The molecule has 8 heteroatoms.